The molecular formula is C12H22N4O2S2. The van der Waals surface area contributed by atoms with Gasteiger partial charge in [-0.3, -0.25) is 0 Å². The minimum Gasteiger partial charge on any atom is -0.360 e. The maximum Gasteiger partial charge on any atom is 0.202 e. The van der Waals surface area contributed by atoms with E-state index in [2.05, 4.69) is 33.4 Å². The fourth-order valence-corrected chi connectivity index (χ4v) is 4.02. The second kappa shape index (κ2) is 6.82. The Balaban J connectivity index is 1.64. The fraction of sp³-hybridized carbons (Fsp3) is 0.833. The lowest BCUT2D eigenvalue weighted by Crippen LogP contribution is -2.41. The molecule has 1 aromatic rings. The van der Waals surface area contributed by atoms with Crippen molar-refractivity contribution in [1.29, 1.82) is 0 Å². The van der Waals surface area contributed by atoms with Gasteiger partial charge in [-0.15, -0.1) is 0 Å². The summed E-state index contributed by atoms with van der Waals surface area (Å²) < 4.78 is 26.9. The molecule has 1 aliphatic heterocycles. The van der Waals surface area contributed by atoms with Crippen LogP contribution >= 0.6 is 11.5 Å². The van der Waals surface area contributed by atoms with E-state index < -0.39 is 9.84 Å². The van der Waals surface area contributed by atoms with Crippen molar-refractivity contribution in [2.45, 2.75) is 26.2 Å². The summed E-state index contributed by atoms with van der Waals surface area (Å²) in [5, 5.41) is 4.15. The second-order valence-electron chi connectivity index (χ2n) is 5.39. The van der Waals surface area contributed by atoms with Crippen LogP contribution in [-0.2, 0) is 9.84 Å². The zero-order chi connectivity index (χ0) is 14.6. The predicted molar refractivity (Wildman–Crippen MR) is 82.2 cm³/mol. The van der Waals surface area contributed by atoms with Gasteiger partial charge < -0.3 is 10.2 Å². The smallest absolute Gasteiger partial charge is 0.202 e. The predicted octanol–water partition coefficient (Wildman–Crippen LogP) is 1.19. The molecule has 2 heterocycles. The van der Waals surface area contributed by atoms with Gasteiger partial charge in [-0.1, -0.05) is 13.8 Å². The molecular weight excluding hydrogens is 296 g/mol. The van der Waals surface area contributed by atoms with Crippen molar-refractivity contribution in [1.82, 2.24) is 14.3 Å². The lowest BCUT2D eigenvalue weighted by molar-refractivity contribution is 0.295. The lowest BCUT2D eigenvalue weighted by atomic mass is 10.2. The van der Waals surface area contributed by atoms with E-state index in [0.717, 1.165) is 30.5 Å². The Bertz CT molecular complexity index is 513. The maximum atomic E-state index is 11.3. The summed E-state index contributed by atoms with van der Waals surface area (Å²) in [6, 6.07) is 0. The number of aromatic nitrogens is 2. The first-order valence-electron chi connectivity index (χ1n) is 6.96. The van der Waals surface area contributed by atoms with Gasteiger partial charge in [0, 0.05) is 37.1 Å². The normalized spacial score (nSPS) is 19.4. The van der Waals surface area contributed by atoms with Crippen molar-refractivity contribution >= 4 is 26.5 Å². The van der Waals surface area contributed by atoms with Crippen LogP contribution in [0.2, 0.25) is 0 Å². The van der Waals surface area contributed by atoms with Gasteiger partial charge in [0.05, 0.1) is 11.5 Å². The molecule has 0 spiro atoms. The van der Waals surface area contributed by atoms with Crippen LogP contribution in [0.3, 0.4) is 0 Å². The molecule has 0 amide bonds. The summed E-state index contributed by atoms with van der Waals surface area (Å²) in [5.74, 6) is 1.85. The number of hydrogen-bond acceptors (Lipinski definition) is 7. The van der Waals surface area contributed by atoms with Crippen molar-refractivity contribution in [3.8, 4) is 0 Å². The molecule has 0 atom stereocenters. The molecule has 114 valence electrons. The van der Waals surface area contributed by atoms with Gasteiger partial charge in [-0.05, 0) is 13.0 Å². The van der Waals surface area contributed by atoms with E-state index in [9.17, 15) is 8.42 Å². The minimum absolute atomic E-state index is 0.300. The second-order valence-corrected chi connectivity index (χ2v) is 8.44. The fourth-order valence-electron chi connectivity index (χ4n) is 2.01. The van der Waals surface area contributed by atoms with Gasteiger partial charge in [-0.2, -0.15) is 4.37 Å². The Labute approximate surface area is 124 Å². The zero-order valence-corrected chi connectivity index (χ0v) is 13.6. The third kappa shape index (κ3) is 4.68. The third-order valence-electron chi connectivity index (χ3n) is 3.32. The number of hydrogen-bond donors (Lipinski definition) is 1. The van der Waals surface area contributed by atoms with Gasteiger partial charge in [-0.25, -0.2) is 13.4 Å². The SMILES string of the molecule is CC(C)c1nsc(NCCCN2CCS(=O)(=O)CC2)n1. The summed E-state index contributed by atoms with van der Waals surface area (Å²) >= 11 is 1.40. The van der Waals surface area contributed by atoms with Crippen molar-refractivity contribution in [3.05, 3.63) is 5.82 Å². The summed E-state index contributed by atoms with van der Waals surface area (Å²) in [6.45, 7) is 7.26. The first-order valence-corrected chi connectivity index (χ1v) is 9.56. The van der Waals surface area contributed by atoms with E-state index in [-0.39, 0.29) is 0 Å². The molecule has 2 rings (SSSR count). The van der Waals surface area contributed by atoms with E-state index in [1.807, 2.05) is 0 Å². The van der Waals surface area contributed by atoms with Gasteiger partial charge in [0.2, 0.25) is 5.13 Å². The molecule has 20 heavy (non-hydrogen) atoms. The number of sulfone groups is 1. The Kier molecular flexibility index (Phi) is 5.34. The van der Waals surface area contributed by atoms with E-state index in [1.54, 1.807) is 0 Å². The highest BCUT2D eigenvalue weighted by Crippen LogP contribution is 2.17. The number of anilines is 1. The van der Waals surface area contributed by atoms with Crippen LogP contribution in [0.5, 0.6) is 0 Å². The number of rotatable bonds is 6. The van der Waals surface area contributed by atoms with Crippen LogP contribution in [-0.4, -0.2) is 60.4 Å². The Morgan fingerprint density at radius 3 is 2.65 bits per heavy atom. The van der Waals surface area contributed by atoms with Gasteiger partial charge >= 0.3 is 0 Å². The lowest BCUT2D eigenvalue weighted by Gasteiger charge is -2.26. The Hall–Kier alpha value is -0.730. The molecule has 0 bridgehead atoms. The molecule has 0 aliphatic carbocycles. The first-order chi connectivity index (χ1) is 9.46. The van der Waals surface area contributed by atoms with Gasteiger partial charge in [0.1, 0.15) is 5.82 Å². The molecule has 0 radical (unpaired) electrons. The van der Waals surface area contributed by atoms with Crippen LogP contribution in [0.4, 0.5) is 5.13 Å². The number of nitrogens with one attached hydrogen (secondary N) is 1. The molecule has 0 saturated carbocycles. The summed E-state index contributed by atoms with van der Waals surface area (Å²) in [5.41, 5.74) is 0. The number of nitrogens with zero attached hydrogens (tertiary/aromatic N) is 3. The zero-order valence-electron chi connectivity index (χ0n) is 12.0. The molecule has 6 nitrogen and oxygen atoms in total. The average Bonchev–Trinajstić information content (AvgIpc) is 2.85. The highest BCUT2D eigenvalue weighted by atomic mass is 32.2. The minimum atomic E-state index is -2.77. The van der Waals surface area contributed by atoms with E-state index in [4.69, 9.17) is 0 Å². The highest BCUT2D eigenvalue weighted by molar-refractivity contribution is 7.91. The largest absolute Gasteiger partial charge is 0.360 e. The average molecular weight is 318 g/mol. The standard InChI is InChI=1S/C12H22N4O2S2/c1-10(2)11-14-12(19-15-11)13-4-3-5-16-6-8-20(17,18)9-7-16/h10H,3-9H2,1-2H3,(H,13,14,15). The summed E-state index contributed by atoms with van der Waals surface area (Å²) in [4.78, 5) is 6.63. The third-order valence-corrected chi connectivity index (χ3v) is 5.62. The van der Waals surface area contributed by atoms with E-state index in [0.29, 0.717) is 30.5 Å². The van der Waals surface area contributed by atoms with Gasteiger partial charge in [0.15, 0.2) is 9.84 Å². The molecule has 1 saturated heterocycles. The molecule has 8 heteroatoms. The van der Waals surface area contributed by atoms with Crippen LogP contribution in [0.25, 0.3) is 0 Å². The molecule has 1 N–H and O–H groups in total. The van der Waals surface area contributed by atoms with Crippen LogP contribution in [0, 0.1) is 0 Å². The van der Waals surface area contributed by atoms with Crippen LogP contribution < -0.4 is 5.32 Å². The van der Waals surface area contributed by atoms with Crippen molar-refractivity contribution in [2.24, 2.45) is 0 Å². The Morgan fingerprint density at radius 1 is 1.35 bits per heavy atom. The van der Waals surface area contributed by atoms with Gasteiger partial charge in [0.25, 0.3) is 0 Å². The summed E-state index contributed by atoms with van der Waals surface area (Å²) in [6.07, 6.45) is 0.983. The van der Waals surface area contributed by atoms with Crippen LogP contribution in [0.1, 0.15) is 32.0 Å². The Morgan fingerprint density at radius 2 is 2.05 bits per heavy atom. The quantitative estimate of drug-likeness (QED) is 0.794. The van der Waals surface area contributed by atoms with E-state index in [1.165, 1.54) is 11.5 Å². The first kappa shape index (κ1) is 15.7. The maximum absolute atomic E-state index is 11.3. The van der Waals surface area contributed by atoms with Crippen LogP contribution in [0.15, 0.2) is 0 Å². The van der Waals surface area contributed by atoms with E-state index >= 15 is 0 Å². The van der Waals surface area contributed by atoms with Crippen molar-refractivity contribution in [3.63, 3.8) is 0 Å². The van der Waals surface area contributed by atoms with Crippen molar-refractivity contribution < 1.29 is 8.42 Å². The monoisotopic (exact) mass is 318 g/mol. The highest BCUT2D eigenvalue weighted by Gasteiger charge is 2.20. The van der Waals surface area contributed by atoms with Crippen molar-refractivity contribution in [2.75, 3.05) is 43.0 Å². The molecule has 0 aromatic carbocycles. The molecule has 1 aromatic heterocycles. The summed E-state index contributed by atoms with van der Waals surface area (Å²) in [7, 11) is -2.77. The molecule has 1 aliphatic rings. The topological polar surface area (TPSA) is 75.2 Å². The molecule has 0 unspecified atom stereocenters. The molecule has 1 fully saturated rings.